The smallest absolute Gasteiger partial charge is 0.292 e. The Morgan fingerprint density at radius 3 is 2.41 bits per heavy atom. The summed E-state index contributed by atoms with van der Waals surface area (Å²) in [4.78, 5) is 25.5. The van der Waals surface area contributed by atoms with Gasteiger partial charge in [-0.3, -0.25) is 14.9 Å². The number of nitro benzene ring substituents is 1. The first-order valence-electron chi connectivity index (χ1n) is 9.15. The SMILES string of the molecule is COc1cc(Cl)c(NC(=O)C2CCN(c3ccccc3[N+](=O)[O-])CC2)cc1OC. The van der Waals surface area contributed by atoms with Crippen LogP contribution < -0.4 is 19.7 Å². The molecular formula is C20H22ClN3O5. The van der Waals surface area contributed by atoms with Gasteiger partial charge in [0.1, 0.15) is 5.69 Å². The van der Waals surface area contributed by atoms with E-state index in [0.29, 0.717) is 53.8 Å². The van der Waals surface area contributed by atoms with E-state index < -0.39 is 0 Å². The summed E-state index contributed by atoms with van der Waals surface area (Å²) in [7, 11) is 3.02. The molecule has 1 aliphatic rings. The Bertz CT molecular complexity index is 913. The van der Waals surface area contributed by atoms with E-state index in [1.807, 2.05) is 4.90 Å². The Morgan fingerprint density at radius 1 is 1.17 bits per heavy atom. The summed E-state index contributed by atoms with van der Waals surface area (Å²) < 4.78 is 10.5. The van der Waals surface area contributed by atoms with Crippen molar-refractivity contribution in [3.63, 3.8) is 0 Å². The zero-order valence-electron chi connectivity index (χ0n) is 16.2. The van der Waals surface area contributed by atoms with Crippen LogP contribution in [0.25, 0.3) is 0 Å². The van der Waals surface area contributed by atoms with Crippen LogP contribution >= 0.6 is 11.6 Å². The fourth-order valence-electron chi connectivity index (χ4n) is 3.45. The van der Waals surface area contributed by atoms with E-state index in [1.54, 1.807) is 30.3 Å². The molecule has 2 aromatic carbocycles. The van der Waals surface area contributed by atoms with E-state index in [9.17, 15) is 14.9 Å². The number of piperidine rings is 1. The van der Waals surface area contributed by atoms with Crippen LogP contribution in [0.3, 0.4) is 0 Å². The van der Waals surface area contributed by atoms with Crippen molar-refractivity contribution < 1.29 is 19.2 Å². The summed E-state index contributed by atoms with van der Waals surface area (Å²) in [5.74, 6) is 0.603. The minimum absolute atomic E-state index is 0.0764. The molecule has 1 N–H and O–H groups in total. The molecule has 0 aliphatic carbocycles. The van der Waals surface area contributed by atoms with Gasteiger partial charge in [0.05, 0.1) is 29.9 Å². The zero-order valence-corrected chi connectivity index (χ0v) is 16.9. The molecule has 0 unspecified atom stereocenters. The quantitative estimate of drug-likeness (QED) is 0.559. The average Bonchev–Trinajstić information content (AvgIpc) is 2.74. The van der Waals surface area contributed by atoms with Gasteiger partial charge < -0.3 is 19.7 Å². The van der Waals surface area contributed by atoms with Crippen LogP contribution in [0.1, 0.15) is 12.8 Å². The number of halogens is 1. The van der Waals surface area contributed by atoms with Crippen molar-refractivity contribution in [2.45, 2.75) is 12.8 Å². The van der Waals surface area contributed by atoms with Crippen LogP contribution in [0.4, 0.5) is 17.1 Å². The number of nitro groups is 1. The van der Waals surface area contributed by atoms with Gasteiger partial charge in [0.15, 0.2) is 11.5 Å². The third kappa shape index (κ3) is 4.54. The molecule has 29 heavy (non-hydrogen) atoms. The normalized spacial score (nSPS) is 14.4. The molecule has 0 saturated carbocycles. The highest BCUT2D eigenvalue weighted by atomic mass is 35.5. The maximum atomic E-state index is 12.7. The van der Waals surface area contributed by atoms with Crippen molar-refractivity contribution in [3.8, 4) is 11.5 Å². The highest BCUT2D eigenvalue weighted by Crippen LogP contribution is 2.37. The Morgan fingerprint density at radius 2 is 1.79 bits per heavy atom. The zero-order chi connectivity index (χ0) is 21.0. The molecule has 3 rings (SSSR count). The van der Waals surface area contributed by atoms with Crippen molar-refractivity contribution in [1.29, 1.82) is 0 Å². The van der Waals surface area contributed by atoms with Gasteiger partial charge in [-0.05, 0) is 18.9 Å². The summed E-state index contributed by atoms with van der Waals surface area (Å²) in [5, 5.41) is 14.5. The van der Waals surface area contributed by atoms with Crippen molar-refractivity contribution in [2.24, 2.45) is 5.92 Å². The fraction of sp³-hybridized carbons (Fsp3) is 0.350. The molecule has 8 nitrogen and oxygen atoms in total. The van der Waals surface area contributed by atoms with Gasteiger partial charge in [0.2, 0.25) is 5.91 Å². The van der Waals surface area contributed by atoms with E-state index in [0.717, 1.165) is 0 Å². The van der Waals surface area contributed by atoms with Crippen LogP contribution in [0.2, 0.25) is 5.02 Å². The molecular weight excluding hydrogens is 398 g/mol. The number of para-hydroxylation sites is 2. The molecule has 0 bridgehead atoms. The molecule has 1 saturated heterocycles. The standard InChI is InChI=1S/C20H22ClN3O5/c1-28-18-11-14(21)15(12-19(18)29-2)22-20(25)13-7-9-23(10-8-13)16-5-3-4-6-17(16)24(26)27/h3-6,11-13H,7-10H2,1-2H3,(H,22,25). The highest BCUT2D eigenvalue weighted by Gasteiger charge is 2.28. The van der Waals surface area contributed by atoms with Gasteiger partial charge in [-0.1, -0.05) is 23.7 Å². The molecule has 1 amide bonds. The number of nitrogens with one attached hydrogen (secondary N) is 1. The van der Waals surface area contributed by atoms with Crippen molar-refractivity contribution in [1.82, 2.24) is 0 Å². The molecule has 0 atom stereocenters. The second kappa shape index (κ2) is 9.00. The Balaban J connectivity index is 1.66. The highest BCUT2D eigenvalue weighted by molar-refractivity contribution is 6.34. The maximum Gasteiger partial charge on any atom is 0.292 e. The van der Waals surface area contributed by atoms with Gasteiger partial charge in [-0.15, -0.1) is 0 Å². The lowest BCUT2D eigenvalue weighted by molar-refractivity contribution is -0.384. The topological polar surface area (TPSA) is 93.9 Å². The molecule has 2 aromatic rings. The molecule has 1 fully saturated rings. The number of hydrogen-bond donors (Lipinski definition) is 1. The monoisotopic (exact) mass is 419 g/mol. The molecule has 0 aromatic heterocycles. The summed E-state index contributed by atoms with van der Waals surface area (Å²) in [6.45, 7) is 1.12. The lowest BCUT2D eigenvalue weighted by atomic mass is 9.95. The minimum atomic E-state index is -0.382. The largest absolute Gasteiger partial charge is 0.493 e. The lowest BCUT2D eigenvalue weighted by Gasteiger charge is -2.32. The van der Waals surface area contributed by atoms with Crippen molar-refractivity contribution in [3.05, 3.63) is 51.5 Å². The number of ether oxygens (including phenoxy) is 2. The maximum absolute atomic E-state index is 12.7. The summed E-state index contributed by atoms with van der Waals surface area (Å²) in [5.41, 5.74) is 1.11. The molecule has 0 spiro atoms. The predicted octanol–water partition coefficient (Wildman–Crippen LogP) is 4.12. The second-order valence-electron chi connectivity index (χ2n) is 6.68. The van der Waals surface area contributed by atoms with Crippen LogP contribution in [0, 0.1) is 16.0 Å². The number of rotatable bonds is 6. The number of methoxy groups -OCH3 is 2. The molecule has 1 aliphatic heterocycles. The van der Waals surface area contributed by atoms with Crippen LogP contribution in [-0.2, 0) is 4.79 Å². The first kappa shape index (κ1) is 20.7. The number of benzene rings is 2. The molecule has 1 heterocycles. The summed E-state index contributed by atoms with van der Waals surface area (Å²) >= 11 is 6.25. The molecule has 154 valence electrons. The van der Waals surface area contributed by atoms with Crippen molar-refractivity contribution >= 4 is 34.6 Å². The first-order valence-corrected chi connectivity index (χ1v) is 9.53. The number of amides is 1. The van der Waals surface area contributed by atoms with Crippen LogP contribution in [0.15, 0.2) is 36.4 Å². The molecule has 0 radical (unpaired) electrons. The summed E-state index contributed by atoms with van der Waals surface area (Å²) in [6, 6.07) is 9.87. The Labute approximate surface area is 173 Å². The molecule has 9 heteroatoms. The predicted molar refractivity (Wildman–Crippen MR) is 111 cm³/mol. The Hall–Kier alpha value is -3.00. The van der Waals surface area contributed by atoms with Gasteiger partial charge in [0, 0.05) is 37.2 Å². The number of hydrogen-bond acceptors (Lipinski definition) is 6. The third-order valence-corrected chi connectivity index (χ3v) is 5.33. The van der Waals surface area contributed by atoms with Gasteiger partial charge in [0.25, 0.3) is 5.69 Å². The number of carbonyl (C=O) groups excluding carboxylic acids is 1. The third-order valence-electron chi connectivity index (χ3n) is 5.02. The first-order chi connectivity index (χ1) is 13.9. The second-order valence-corrected chi connectivity index (χ2v) is 7.09. The number of nitrogens with zero attached hydrogens (tertiary/aromatic N) is 2. The number of carbonyl (C=O) groups is 1. The van der Waals surface area contributed by atoms with E-state index in [4.69, 9.17) is 21.1 Å². The minimum Gasteiger partial charge on any atom is -0.493 e. The van der Waals surface area contributed by atoms with E-state index >= 15 is 0 Å². The van der Waals surface area contributed by atoms with Gasteiger partial charge in [-0.2, -0.15) is 0 Å². The van der Waals surface area contributed by atoms with Gasteiger partial charge >= 0.3 is 0 Å². The van der Waals surface area contributed by atoms with Crippen LogP contribution in [-0.4, -0.2) is 38.1 Å². The summed E-state index contributed by atoms with van der Waals surface area (Å²) in [6.07, 6.45) is 1.17. The van der Waals surface area contributed by atoms with Crippen molar-refractivity contribution in [2.75, 3.05) is 37.5 Å². The van der Waals surface area contributed by atoms with Gasteiger partial charge in [-0.25, -0.2) is 0 Å². The average molecular weight is 420 g/mol. The lowest BCUT2D eigenvalue weighted by Crippen LogP contribution is -2.38. The number of anilines is 2. The van der Waals surface area contributed by atoms with E-state index in [2.05, 4.69) is 5.32 Å². The van der Waals surface area contributed by atoms with E-state index in [-0.39, 0.29) is 22.4 Å². The Kier molecular flexibility index (Phi) is 6.43. The van der Waals surface area contributed by atoms with E-state index in [1.165, 1.54) is 20.3 Å². The van der Waals surface area contributed by atoms with Crippen LogP contribution in [0.5, 0.6) is 11.5 Å². The fourth-order valence-corrected chi connectivity index (χ4v) is 3.65.